The Morgan fingerprint density at radius 1 is 1.16 bits per heavy atom. The third kappa shape index (κ3) is 4.19. The molecule has 1 atom stereocenters. The van der Waals surface area contributed by atoms with E-state index in [2.05, 4.69) is 15.0 Å². The highest BCUT2D eigenvalue weighted by molar-refractivity contribution is 5.96. The zero-order valence-corrected chi connectivity index (χ0v) is 21.0. The van der Waals surface area contributed by atoms with E-state index >= 15 is 0 Å². The summed E-state index contributed by atoms with van der Waals surface area (Å²) >= 11 is 0. The van der Waals surface area contributed by atoms with Gasteiger partial charge in [-0.15, -0.1) is 0 Å². The van der Waals surface area contributed by atoms with Crippen molar-refractivity contribution in [2.24, 2.45) is 0 Å². The number of fused-ring (bicyclic) bond motifs is 4. The second kappa shape index (κ2) is 9.22. The van der Waals surface area contributed by atoms with Crippen LogP contribution in [-0.4, -0.2) is 52.5 Å². The van der Waals surface area contributed by atoms with Gasteiger partial charge in [0.15, 0.2) is 17.6 Å². The first-order valence-electron chi connectivity index (χ1n) is 12.0. The predicted molar refractivity (Wildman–Crippen MR) is 140 cm³/mol. The van der Waals surface area contributed by atoms with Crippen LogP contribution in [0.4, 0.5) is 10.5 Å². The fraction of sp³-hybridized carbons (Fsp3) is 0.214. The van der Waals surface area contributed by atoms with Crippen molar-refractivity contribution in [1.29, 1.82) is 0 Å². The Morgan fingerprint density at radius 2 is 2.03 bits per heavy atom. The minimum absolute atomic E-state index is 0.102. The molecular formula is C28H24N4O6. The van der Waals surface area contributed by atoms with E-state index in [1.54, 1.807) is 37.7 Å². The average molecular weight is 513 g/mol. The molecule has 0 aliphatic carbocycles. The van der Waals surface area contributed by atoms with Crippen LogP contribution in [0.25, 0.3) is 33.3 Å². The molecule has 1 N–H and O–H groups in total. The highest BCUT2D eigenvalue weighted by atomic mass is 16.6. The fourth-order valence-electron chi connectivity index (χ4n) is 4.65. The number of methoxy groups -OCH3 is 1. The summed E-state index contributed by atoms with van der Waals surface area (Å²) in [5, 5.41) is 10.6. The third-order valence-corrected chi connectivity index (χ3v) is 6.37. The predicted octanol–water partition coefficient (Wildman–Crippen LogP) is 5.39. The number of ether oxygens (including phenoxy) is 3. The van der Waals surface area contributed by atoms with E-state index in [1.165, 1.54) is 4.90 Å². The first kappa shape index (κ1) is 23.5. The maximum absolute atomic E-state index is 12.0. The molecule has 192 valence electrons. The number of nitrogens with zero attached hydrogens (tertiary/aromatic N) is 4. The Kier molecular flexibility index (Phi) is 5.71. The van der Waals surface area contributed by atoms with E-state index in [-0.39, 0.29) is 13.2 Å². The molecule has 10 heteroatoms. The number of carbonyl (C=O) groups is 1. The van der Waals surface area contributed by atoms with E-state index in [1.807, 2.05) is 38.1 Å². The molecule has 1 unspecified atom stereocenters. The van der Waals surface area contributed by atoms with Gasteiger partial charge >= 0.3 is 6.09 Å². The standard InChI is InChI=1S/C28H24N4O6/c1-15-8-19(26-21(9-15)31-25(35-3)12-30-26)24-11-20-22(38-24)4-5-23-27(20)36-14-18(37-23)13-32(28(33)34)17-6-7-29-16(2)10-17/h4-12,18H,13-14H2,1-3H3,(H,33,34). The third-order valence-electron chi connectivity index (χ3n) is 6.37. The van der Waals surface area contributed by atoms with Crippen LogP contribution in [0.3, 0.4) is 0 Å². The molecule has 0 fully saturated rings. The van der Waals surface area contributed by atoms with Crippen LogP contribution in [0, 0.1) is 13.8 Å². The van der Waals surface area contributed by atoms with Crippen molar-refractivity contribution in [3.63, 3.8) is 0 Å². The van der Waals surface area contributed by atoms with Gasteiger partial charge in [0.05, 0.1) is 42.0 Å². The Hall–Kier alpha value is -4.86. The van der Waals surface area contributed by atoms with Crippen LogP contribution in [-0.2, 0) is 0 Å². The van der Waals surface area contributed by atoms with E-state index in [4.69, 9.17) is 18.6 Å². The second-order valence-corrected chi connectivity index (χ2v) is 9.11. The quantitative estimate of drug-likeness (QED) is 0.330. The number of aryl methyl sites for hydroxylation is 2. The molecule has 0 bridgehead atoms. The summed E-state index contributed by atoms with van der Waals surface area (Å²) in [7, 11) is 1.56. The van der Waals surface area contributed by atoms with E-state index < -0.39 is 12.2 Å². The first-order chi connectivity index (χ1) is 18.4. The average Bonchev–Trinajstić information content (AvgIpc) is 3.35. The number of rotatable bonds is 5. The van der Waals surface area contributed by atoms with Gasteiger partial charge in [0.1, 0.15) is 18.0 Å². The summed E-state index contributed by atoms with van der Waals surface area (Å²) in [6.07, 6.45) is 1.59. The molecule has 2 aromatic carbocycles. The van der Waals surface area contributed by atoms with Gasteiger partial charge < -0.3 is 23.7 Å². The molecule has 4 heterocycles. The van der Waals surface area contributed by atoms with Crippen LogP contribution in [0.2, 0.25) is 0 Å². The largest absolute Gasteiger partial charge is 0.485 e. The van der Waals surface area contributed by atoms with Crippen molar-refractivity contribution < 1.29 is 28.5 Å². The molecule has 5 aromatic rings. The Morgan fingerprint density at radius 3 is 2.82 bits per heavy atom. The molecule has 1 aliphatic rings. The molecule has 1 amide bonds. The van der Waals surface area contributed by atoms with Gasteiger partial charge in [-0.25, -0.2) is 14.8 Å². The van der Waals surface area contributed by atoms with Gasteiger partial charge in [-0.3, -0.25) is 9.88 Å². The monoisotopic (exact) mass is 512 g/mol. The van der Waals surface area contributed by atoms with Crippen molar-refractivity contribution in [2.75, 3.05) is 25.2 Å². The van der Waals surface area contributed by atoms with E-state index in [0.717, 1.165) is 22.2 Å². The lowest BCUT2D eigenvalue weighted by Crippen LogP contribution is -2.43. The van der Waals surface area contributed by atoms with Crippen LogP contribution in [0.1, 0.15) is 11.3 Å². The molecule has 0 spiro atoms. The van der Waals surface area contributed by atoms with E-state index in [9.17, 15) is 9.90 Å². The number of benzene rings is 2. The summed E-state index contributed by atoms with van der Waals surface area (Å²) in [5.41, 5.74) is 5.10. The van der Waals surface area contributed by atoms with Crippen molar-refractivity contribution in [3.8, 4) is 28.7 Å². The number of hydrogen-bond acceptors (Lipinski definition) is 8. The van der Waals surface area contributed by atoms with Crippen LogP contribution >= 0.6 is 0 Å². The molecule has 0 saturated heterocycles. The number of hydrogen-bond donors (Lipinski definition) is 1. The van der Waals surface area contributed by atoms with Crippen molar-refractivity contribution >= 4 is 33.8 Å². The lowest BCUT2D eigenvalue weighted by atomic mass is 10.1. The molecule has 0 radical (unpaired) electrons. The summed E-state index contributed by atoms with van der Waals surface area (Å²) < 4.78 is 23.7. The maximum Gasteiger partial charge on any atom is 0.411 e. The van der Waals surface area contributed by atoms with Gasteiger partial charge in [0.2, 0.25) is 5.88 Å². The normalized spacial score (nSPS) is 14.6. The topological polar surface area (TPSA) is 120 Å². The number of pyridine rings is 1. The van der Waals surface area contributed by atoms with E-state index in [0.29, 0.717) is 45.4 Å². The summed E-state index contributed by atoms with van der Waals surface area (Å²) in [4.78, 5) is 26.4. The summed E-state index contributed by atoms with van der Waals surface area (Å²) in [6, 6.07) is 12.8. The van der Waals surface area contributed by atoms with Gasteiger partial charge in [0, 0.05) is 17.5 Å². The summed E-state index contributed by atoms with van der Waals surface area (Å²) in [5.74, 6) is 2.14. The van der Waals surface area contributed by atoms with Crippen LogP contribution in [0.5, 0.6) is 17.4 Å². The number of carboxylic acid groups (broad SMARTS) is 1. The van der Waals surface area contributed by atoms with Crippen molar-refractivity contribution in [3.05, 3.63) is 66.1 Å². The summed E-state index contributed by atoms with van der Waals surface area (Å²) in [6.45, 7) is 4.08. The molecule has 1 aliphatic heterocycles. The second-order valence-electron chi connectivity index (χ2n) is 9.11. The zero-order chi connectivity index (χ0) is 26.4. The molecule has 6 rings (SSSR count). The zero-order valence-electron chi connectivity index (χ0n) is 21.0. The van der Waals surface area contributed by atoms with Crippen LogP contribution < -0.4 is 19.1 Å². The first-order valence-corrected chi connectivity index (χ1v) is 12.0. The Balaban J connectivity index is 1.32. The van der Waals surface area contributed by atoms with Gasteiger partial charge in [-0.05, 0) is 61.9 Å². The highest BCUT2D eigenvalue weighted by Crippen LogP contribution is 2.43. The fourth-order valence-corrected chi connectivity index (χ4v) is 4.65. The highest BCUT2D eigenvalue weighted by Gasteiger charge is 2.29. The van der Waals surface area contributed by atoms with Crippen molar-refractivity contribution in [1.82, 2.24) is 15.0 Å². The Labute approximate surface area is 217 Å². The minimum Gasteiger partial charge on any atom is -0.485 e. The number of furan rings is 1. The number of anilines is 1. The molecule has 0 saturated carbocycles. The lowest BCUT2D eigenvalue weighted by molar-refractivity contribution is 0.0960. The van der Waals surface area contributed by atoms with Gasteiger partial charge in [0.25, 0.3) is 0 Å². The van der Waals surface area contributed by atoms with Gasteiger partial charge in [-0.1, -0.05) is 0 Å². The molecule has 38 heavy (non-hydrogen) atoms. The lowest BCUT2D eigenvalue weighted by Gasteiger charge is -2.30. The Bertz CT molecular complexity index is 1700. The van der Waals surface area contributed by atoms with Gasteiger partial charge in [-0.2, -0.15) is 0 Å². The molecule has 3 aromatic heterocycles. The molecule has 10 nitrogen and oxygen atoms in total. The SMILES string of the molecule is COc1cnc2c(-c3cc4c5c(ccc4o3)OC(CN(C(=O)O)c3ccnc(C)c3)CO5)cc(C)cc2n1. The minimum atomic E-state index is -1.08. The smallest absolute Gasteiger partial charge is 0.411 e. The number of aromatic nitrogens is 3. The number of amides is 1. The molecular weight excluding hydrogens is 488 g/mol. The maximum atomic E-state index is 12.0. The van der Waals surface area contributed by atoms with Crippen LogP contribution in [0.15, 0.2) is 59.3 Å². The van der Waals surface area contributed by atoms with Crippen molar-refractivity contribution in [2.45, 2.75) is 20.0 Å².